The molecule has 0 amide bonds. The van der Waals surface area contributed by atoms with E-state index in [1.807, 2.05) is 6.07 Å². The molecule has 0 saturated carbocycles. The average molecular weight is 427 g/mol. The van der Waals surface area contributed by atoms with Gasteiger partial charge in [-0.1, -0.05) is 0 Å². The molecule has 0 radical (unpaired) electrons. The van der Waals surface area contributed by atoms with Crippen LogP contribution in [0.4, 0.5) is 20.2 Å². The second-order valence-electron chi connectivity index (χ2n) is 7.57. The molecule has 31 heavy (non-hydrogen) atoms. The second-order valence-corrected chi connectivity index (χ2v) is 7.57. The number of piperidine rings is 1. The van der Waals surface area contributed by atoms with Crippen molar-refractivity contribution in [3.05, 3.63) is 59.3 Å². The van der Waals surface area contributed by atoms with Gasteiger partial charge in [0.1, 0.15) is 12.5 Å². The number of aromatic nitrogens is 1. The fourth-order valence-electron chi connectivity index (χ4n) is 3.67. The lowest BCUT2D eigenvalue weighted by Crippen LogP contribution is -2.40. The first-order valence-corrected chi connectivity index (χ1v) is 10.3. The number of aldehydes is 1. The van der Waals surface area contributed by atoms with E-state index in [0.717, 1.165) is 31.6 Å². The summed E-state index contributed by atoms with van der Waals surface area (Å²) >= 11 is 0. The maximum absolute atomic E-state index is 13.8. The van der Waals surface area contributed by atoms with Crippen LogP contribution in [-0.4, -0.2) is 54.7 Å². The van der Waals surface area contributed by atoms with E-state index in [1.54, 1.807) is 25.5 Å². The highest BCUT2D eigenvalue weighted by molar-refractivity contribution is 6.11. The van der Waals surface area contributed by atoms with Gasteiger partial charge in [0.2, 0.25) is 0 Å². The molecule has 1 saturated heterocycles. The summed E-state index contributed by atoms with van der Waals surface area (Å²) in [6.07, 6.45) is 8.68. The minimum absolute atomic E-state index is 0.0289. The van der Waals surface area contributed by atoms with Crippen LogP contribution < -0.4 is 11.1 Å². The highest BCUT2D eigenvalue weighted by Crippen LogP contribution is 2.23. The Morgan fingerprint density at radius 2 is 2.10 bits per heavy atom. The van der Waals surface area contributed by atoms with E-state index in [9.17, 15) is 13.6 Å². The summed E-state index contributed by atoms with van der Waals surface area (Å²) in [6.45, 7) is 3.68. The molecule has 164 valence electrons. The molecule has 1 fully saturated rings. The van der Waals surface area contributed by atoms with Gasteiger partial charge in [0.25, 0.3) is 0 Å². The normalized spacial score (nSPS) is 16.0. The maximum Gasteiger partial charge on any atom is 0.153 e. The van der Waals surface area contributed by atoms with Crippen molar-refractivity contribution in [2.75, 3.05) is 31.6 Å². The predicted molar refractivity (Wildman–Crippen MR) is 120 cm³/mol. The molecular formula is C23H27F2N5O. The topological polar surface area (TPSA) is 83.6 Å². The average Bonchev–Trinajstić information content (AvgIpc) is 2.77. The van der Waals surface area contributed by atoms with Crippen molar-refractivity contribution in [1.82, 2.24) is 9.88 Å². The number of rotatable bonds is 8. The maximum atomic E-state index is 13.8. The van der Waals surface area contributed by atoms with Crippen LogP contribution in [0.15, 0.2) is 41.8 Å². The number of anilines is 1. The lowest BCUT2D eigenvalue weighted by atomic mass is 9.99. The molecule has 3 N–H and O–H groups in total. The number of aliphatic imine (C=N–C) groups is 1. The van der Waals surface area contributed by atoms with Gasteiger partial charge in [0.15, 0.2) is 6.29 Å². The number of alkyl halides is 1. The molecule has 0 bridgehead atoms. The van der Waals surface area contributed by atoms with Gasteiger partial charge in [-0.05, 0) is 49.1 Å². The van der Waals surface area contributed by atoms with Crippen LogP contribution in [0.1, 0.15) is 34.3 Å². The second kappa shape index (κ2) is 10.8. The fraction of sp³-hybridized carbons (Fsp3) is 0.348. The van der Waals surface area contributed by atoms with E-state index in [0.29, 0.717) is 41.3 Å². The third-order valence-corrected chi connectivity index (χ3v) is 5.40. The molecule has 1 aliphatic rings. The SMILES string of the molecule is Cc1cc(F)c(C=O)cc1C(C=Nc1cncc(NC2CCN(CCF)CC2)c1)=CN. The van der Waals surface area contributed by atoms with Crippen LogP contribution in [0.3, 0.4) is 0 Å². The molecule has 6 nitrogen and oxygen atoms in total. The Labute approximate surface area is 180 Å². The lowest BCUT2D eigenvalue weighted by Gasteiger charge is -2.32. The Bertz CT molecular complexity index is 968. The number of allylic oxidation sites excluding steroid dienone is 1. The molecule has 8 heteroatoms. The van der Waals surface area contributed by atoms with E-state index < -0.39 is 5.82 Å². The fourth-order valence-corrected chi connectivity index (χ4v) is 3.67. The zero-order valence-corrected chi connectivity index (χ0v) is 17.5. The third kappa shape index (κ3) is 5.95. The minimum Gasteiger partial charge on any atom is -0.404 e. The number of carbonyl (C=O) groups is 1. The van der Waals surface area contributed by atoms with Gasteiger partial charge >= 0.3 is 0 Å². The van der Waals surface area contributed by atoms with Crippen LogP contribution in [-0.2, 0) is 0 Å². The van der Waals surface area contributed by atoms with Gasteiger partial charge < -0.3 is 16.0 Å². The first-order valence-electron chi connectivity index (χ1n) is 10.3. The highest BCUT2D eigenvalue weighted by Gasteiger charge is 2.18. The molecule has 2 heterocycles. The molecule has 0 atom stereocenters. The monoisotopic (exact) mass is 427 g/mol. The highest BCUT2D eigenvalue weighted by atomic mass is 19.1. The van der Waals surface area contributed by atoms with Crippen LogP contribution in [0.2, 0.25) is 0 Å². The molecule has 0 spiro atoms. The summed E-state index contributed by atoms with van der Waals surface area (Å²) in [7, 11) is 0. The molecule has 1 aliphatic heterocycles. The van der Waals surface area contributed by atoms with Crippen LogP contribution in [0.25, 0.3) is 5.57 Å². The van der Waals surface area contributed by atoms with Crippen molar-refractivity contribution < 1.29 is 13.6 Å². The molecular weight excluding hydrogens is 400 g/mol. The van der Waals surface area contributed by atoms with E-state index in [-0.39, 0.29) is 12.2 Å². The number of nitrogens with zero attached hydrogens (tertiary/aromatic N) is 3. The summed E-state index contributed by atoms with van der Waals surface area (Å²) in [4.78, 5) is 21.9. The molecule has 0 aliphatic carbocycles. The van der Waals surface area contributed by atoms with Gasteiger partial charge in [-0.3, -0.25) is 14.8 Å². The van der Waals surface area contributed by atoms with Crippen molar-refractivity contribution in [1.29, 1.82) is 0 Å². The van der Waals surface area contributed by atoms with Crippen molar-refractivity contribution in [2.45, 2.75) is 25.8 Å². The van der Waals surface area contributed by atoms with Gasteiger partial charge in [0.05, 0.1) is 29.3 Å². The largest absolute Gasteiger partial charge is 0.404 e. The summed E-state index contributed by atoms with van der Waals surface area (Å²) < 4.78 is 26.3. The minimum atomic E-state index is -0.567. The number of hydrogen-bond acceptors (Lipinski definition) is 6. The van der Waals surface area contributed by atoms with Gasteiger partial charge in [-0.15, -0.1) is 0 Å². The Morgan fingerprint density at radius 1 is 1.32 bits per heavy atom. The first kappa shape index (κ1) is 22.6. The van der Waals surface area contributed by atoms with E-state index in [1.165, 1.54) is 18.3 Å². The molecule has 0 unspecified atom stereocenters. The standard InChI is InChI=1S/C23H27F2N5O/c1-16-8-23(25)17(15-31)9-22(16)18(11-26)12-28-20-10-21(14-27-13-20)29-19-2-5-30(6-3-19)7-4-24/h8-15,19,29H,2-7,26H2,1H3. The molecule has 2 aromatic rings. The Kier molecular flexibility index (Phi) is 7.83. The Hall–Kier alpha value is -3.13. The summed E-state index contributed by atoms with van der Waals surface area (Å²) in [5.41, 5.74) is 9.08. The number of nitrogens with one attached hydrogen (secondary N) is 1. The lowest BCUT2D eigenvalue weighted by molar-refractivity contribution is 0.112. The van der Waals surface area contributed by atoms with Gasteiger partial charge in [0, 0.05) is 43.7 Å². The van der Waals surface area contributed by atoms with Gasteiger partial charge in [-0.2, -0.15) is 0 Å². The zero-order chi connectivity index (χ0) is 22.2. The van der Waals surface area contributed by atoms with E-state index in [2.05, 4.69) is 20.2 Å². The van der Waals surface area contributed by atoms with Crippen molar-refractivity contribution >= 4 is 29.4 Å². The Balaban J connectivity index is 1.69. The zero-order valence-electron chi connectivity index (χ0n) is 17.5. The number of halogens is 2. The third-order valence-electron chi connectivity index (χ3n) is 5.40. The number of benzene rings is 1. The van der Waals surface area contributed by atoms with Crippen molar-refractivity contribution in [3.8, 4) is 0 Å². The van der Waals surface area contributed by atoms with E-state index in [4.69, 9.17) is 5.73 Å². The van der Waals surface area contributed by atoms with Crippen LogP contribution >= 0.6 is 0 Å². The van der Waals surface area contributed by atoms with Crippen LogP contribution in [0, 0.1) is 12.7 Å². The van der Waals surface area contributed by atoms with Gasteiger partial charge in [-0.25, -0.2) is 8.78 Å². The Morgan fingerprint density at radius 3 is 2.77 bits per heavy atom. The number of aryl methyl sites for hydroxylation is 1. The summed E-state index contributed by atoms with van der Waals surface area (Å²) in [5.74, 6) is -0.567. The van der Waals surface area contributed by atoms with Crippen molar-refractivity contribution in [2.24, 2.45) is 10.7 Å². The van der Waals surface area contributed by atoms with E-state index >= 15 is 0 Å². The van der Waals surface area contributed by atoms with Crippen molar-refractivity contribution in [3.63, 3.8) is 0 Å². The number of pyridine rings is 1. The molecule has 1 aromatic heterocycles. The summed E-state index contributed by atoms with van der Waals surface area (Å²) in [6, 6.07) is 4.97. The number of carbonyl (C=O) groups excluding carboxylic acids is 1. The first-order chi connectivity index (χ1) is 15.0. The number of likely N-dealkylation sites (tertiary alicyclic amines) is 1. The quantitative estimate of drug-likeness (QED) is 0.493. The predicted octanol–water partition coefficient (Wildman–Crippen LogP) is 3.89. The molecule has 1 aromatic carbocycles. The molecule has 3 rings (SSSR count). The smallest absolute Gasteiger partial charge is 0.153 e. The summed E-state index contributed by atoms with van der Waals surface area (Å²) in [5, 5.41) is 3.47. The number of nitrogens with two attached hydrogens (primary N) is 1. The number of hydrogen-bond donors (Lipinski definition) is 2. The van der Waals surface area contributed by atoms with Crippen LogP contribution in [0.5, 0.6) is 0 Å².